The second kappa shape index (κ2) is 5.87. The molecule has 0 aliphatic carbocycles. The van der Waals surface area contributed by atoms with Gasteiger partial charge in [-0.25, -0.2) is 13.2 Å². The van der Waals surface area contributed by atoms with Crippen LogP contribution >= 0.6 is 11.3 Å². The van der Waals surface area contributed by atoms with Crippen molar-refractivity contribution in [2.24, 2.45) is 0 Å². The van der Waals surface area contributed by atoms with E-state index in [0.29, 0.717) is 11.3 Å². The second-order valence-electron chi connectivity index (χ2n) is 4.51. The van der Waals surface area contributed by atoms with E-state index in [1.807, 2.05) is 6.92 Å². The molecule has 7 heteroatoms. The second-order valence-corrected chi connectivity index (χ2v) is 7.59. The fourth-order valence-corrected chi connectivity index (χ4v) is 4.23. The summed E-state index contributed by atoms with van der Waals surface area (Å²) >= 11 is 1.23. The Morgan fingerprint density at radius 1 is 1.29 bits per heavy atom. The average molecular weight is 325 g/mol. The molecular formula is C14H15NO4S2. The number of nitrogens with one attached hydrogen (secondary N) is 1. The molecule has 1 heterocycles. The van der Waals surface area contributed by atoms with Crippen LogP contribution < -0.4 is 4.72 Å². The van der Waals surface area contributed by atoms with Gasteiger partial charge in [0.1, 0.15) is 4.21 Å². The largest absolute Gasteiger partial charge is 0.478 e. The lowest BCUT2D eigenvalue weighted by molar-refractivity contribution is 0.0697. The molecule has 0 bridgehead atoms. The van der Waals surface area contributed by atoms with Crippen molar-refractivity contribution in [1.29, 1.82) is 0 Å². The van der Waals surface area contributed by atoms with Gasteiger partial charge in [0.15, 0.2) is 0 Å². The Kier molecular flexibility index (Phi) is 4.34. The van der Waals surface area contributed by atoms with Crippen molar-refractivity contribution in [3.05, 3.63) is 46.3 Å². The molecule has 0 radical (unpaired) electrons. The first-order valence-electron chi connectivity index (χ1n) is 6.29. The van der Waals surface area contributed by atoms with Crippen molar-refractivity contribution in [2.75, 3.05) is 4.72 Å². The first-order valence-corrected chi connectivity index (χ1v) is 8.59. The maximum Gasteiger partial charge on any atom is 0.335 e. The van der Waals surface area contributed by atoms with Gasteiger partial charge >= 0.3 is 5.97 Å². The highest BCUT2D eigenvalue weighted by atomic mass is 32.2. The molecular weight excluding hydrogens is 310 g/mol. The maximum absolute atomic E-state index is 12.3. The summed E-state index contributed by atoms with van der Waals surface area (Å²) in [5.41, 5.74) is 1.07. The van der Waals surface area contributed by atoms with E-state index in [4.69, 9.17) is 5.11 Å². The van der Waals surface area contributed by atoms with E-state index in [1.54, 1.807) is 19.1 Å². The van der Waals surface area contributed by atoms with Crippen molar-refractivity contribution in [3.8, 4) is 0 Å². The van der Waals surface area contributed by atoms with Gasteiger partial charge in [0.25, 0.3) is 10.0 Å². The van der Waals surface area contributed by atoms with Gasteiger partial charge in [-0.05, 0) is 49.2 Å². The van der Waals surface area contributed by atoms with Crippen LogP contribution in [0.4, 0.5) is 5.69 Å². The number of carboxylic acid groups (broad SMARTS) is 1. The van der Waals surface area contributed by atoms with E-state index in [2.05, 4.69) is 4.72 Å². The van der Waals surface area contributed by atoms with Crippen LogP contribution in [0.5, 0.6) is 0 Å². The molecule has 1 aromatic heterocycles. The number of sulfonamides is 1. The number of aromatic carboxylic acids is 1. The zero-order chi connectivity index (χ0) is 15.6. The molecule has 5 nitrogen and oxygen atoms in total. The van der Waals surface area contributed by atoms with E-state index in [0.717, 1.165) is 11.3 Å². The van der Waals surface area contributed by atoms with E-state index in [1.165, 1.54) is 29.5 Å². The van der Waals surface area contributed by atoms with Gasteiger partial charge in [0, 0.05) is 4.88 Å². The molecule has 0 aliphatic rings. The summed E-state index contributed by atoms with van der Waals surface area (Å²) in [7, 11) is -3.64. The molecule has 2 N–H and O–H groups in total. The van der Waals surface area contributed by atoms with E-state index < -0.39 is 16.0 Å². The molecule has 0 spiro atoms. The molecule has 21 heavy (non-hydrogen) atoms. The fraction of sp³-hybridized carbons (Fsp3) is 0.214. The Hall–Kier alpha value is -1.86. The first-order chi connectivity index (χ1) is 9.83. The predicted molar refractivity (Wildman–Crippen MR) is 82.6 cm³/mol. The van der Waals surface area contributed by atoms with Crippen LogP contribution in [-0.2, 0) is 16.4 Å². The van der Waals surface area contributed by atoms with Crippen molar-refractivity contribution in [3.63, 3.8) is 0 Å². The number of hydrogen-bond acceptors (Lipinski definition) is 4. The van der Waals surface area contributed by atoms with Gasteiger partial charge in [-0.2, -0.15) is 0 Å². The molecule has 0 amide bonds. The van der Waals surface area contributed by atoms with Crippen LogP contribution in [0.15, 0.2) is 34.5 Å². The summed E-state index contributed by atoms with van der Waals surface area (Å²) in [5.74, 6) is -1.04. The van der Waals surface area contributed by atoms with Crippen LogP contribution in [0.25, 0.3) is 0 Å². The first kappa shape index (κ1) is 15.5. The molecule has 0 atom stereocenters. The minimum absolute atomic E-state index is 0.125. The number of rotatable bonds is 5. The summed E-state index contributed by atoms with van der Waals surface area (Å²) in [5, 5.41) is 8.90. The lowest BCUT2D eigenvalue weighted by Crippen LogP contribution is -2.12. The van der Waals surface area contributed by atoms with Gasteiger partial charge in [-0.15, -0.1) is 11.3 Å². The third-order valence-corrected chi connectivity index (χ3v) is 6.05. The summed E-state index contributed by atoms with van der Waals surface area (Å²) in [4.78, 5) is 11.9. The predicted octanol–water partition coefficient (Wildman–Crippen LogP) is 3.12. The number of aryl methyl sites for hydroxylation is 2. The molecule has 112 valence electrons. The Bertz CT molecular complexity index is 778. The van der Waals surface area contributed by atoms with Crippen molar-refractivity contribution in [1.82, 2.24) is 0 Å². The third-order valence-electron chi connectivity index (χ3n) is 2.97. The topological polar surface area (TPSA) is 83.5 Å². The van der Waals surface area contributed by atoms with Crippen LogP contribution in [-0.4, -0.2) is 19.5 Å². The average Bonchev–Trinajstić information content (AvgIpc) is 2.90. The maximum atomic E-state index is 12.3. The van der Waals surface area contributed by atoms with E-state index in [-0.39, 0.29) is 9.77 Å². The van der Waals surface area contributed by atoms with Crippen LogP contribution in [0, 0.1) is 6.92 Å². The fourth-order valence-electron chi connectivity index (χ4n) is 1.80. The van der Waals surface area contributed by atoms with Crippen LogP contribution in [0.2, 0.25) is 0 Å². The van der Waals surface area contributed by atoms with Crippen LogP contribution in [0.3, 0.4) is 0 Å². The minimum Gasteiger partial charge on any atom is -0.478 e. The molecule has 0 aliphatic heterocycles. The van der Waals surface area contributed by atoms with Crippen molar-refractivity contribution >= 4 is 33.0 Å². The van der Waals surface area contributed by atoms with Gasteiger partial charge in [-0.1, -0.05) is 6.92 Å². The van der Waals surface area contributed by atoms with Crippen LogP contribution in [0.1, 0.15) is 27.7 Å². The SMILES string of the molecule is CCc1ccc(S(=O)(=O)Nc2ccc(C(=O)O)cc2C)s1. The van der Waals surface area contributed by atoms with Crippen molar-refractivity contribution in [2.45, 2.75) is 24.5 Å². The lowest BCUT2D eigenvalue weighted by atomic mass is 10.1. The molecule has 2 aromatic rings. The highest BCUT2D eigenvalue weighted by Crippen LogP contribution is 2.26. The molecule has 1 aromatic carbocycles. The highest BCUT2D eigenvalue weighted by molar-refractivity contribution is 7.94. The molecule has 0 saturated carbocycles. The molecule has 0 unspecified atom stereocenters. The Balaban J connectivity index is 2.30. The standard InChI is InChI=1S/C14H15NO4S2/c1-3-11-5-7-13(20-11)21(18,19)15-12-6-4-10(14(16)17)8-9(12)2/h4-8,15H,3H2,1-2H3,(H,16,17). The summed E-state index contributed by atoms with van der Waals surface area (Å²) < 4.78 is 27.3. The minimum atomic E-state index is -3.64. The number of carbonyl (C=O) groups is 1. The van der Waals surface area contributed by atoms with E-state index >= 15 is 0 Å². The highest BCUT2D eigenvalue weighted by Gasteiger charge is 2.18. The quantitative estimate of drug-likeness (QED) is 0.884. The number of carboxylic acids is 1. The van der Waals surface area contributed by atoms with Gasteiger partial charge in [0.2, 0.25) is 0 Å². The monoisotopic (exact) mass is 325 g/mol. The smallest absolute Gasteiger partial charge is 0.335 e. The molecule has 0 fully saturated rings. The molecule has 2 rings (SSSR count). The number of hydrogen-bond donors (Lipinski definition) is 2. The van der Waals surface area contributed by atoms with Gasteiger partial charge in [0.05, 0.1) is 11.3 Å². The summed E-state index contributed by atoms with van der Waals surface area (Å²) in [6, 6.07) is 7.64. The van der Waals surface area contributed by atoms with Gasteiger partial charge < -0.3 is 5.11 Å². The Morgan fingerprint density at radius 3 is 2.52 bits per heavy atom. The summed E-state index contributed by atoms with van der Waals surface area (Å²) in [6.45, 7) is 3.63. The summed E-state index contributed by atoms with van der Waals surface area (Å²) in [6.07, 6.45) is 0.784. The molecule has 0 saturated heterocycles. The zero-order valence-corrected chi connectivity index (χ0v) is 13.2. The Labute approximate surface area is 127 Å². The zero-order valence-electron chi connectivity index (χ0n) is 11.6. The Morgan fingerprint density at radius 2 is 2.00 bits per heavy atom. The third kappa shape index (κ3) is 3.43. The van der Waals surface area contributed by atoms with Gasteiger partial charge in [-0.3, -0.25) is 4.72 Å². The normalized spacial score (nSPS) is 11.3. The number of anilines is 1. The lowest BCUT2D eigenvalue weighted by Gasteiger charge is -2.09. The van der Waals surface area contributed by atoms with Crippen molar-refractivity contribution < 1.29 is 18.3 Å². The number of thiophene rings is 1. The van der Waals surface area contributed by atoms with E-state index in [9.17, 15) is 13.2 Å². The number of benzene rings is 1.